The third-order valence-electron chi connectivity index (χ3n) is 4.27. The minimum absolute atomic E-state index is 0.0687. The summed E-state index contributed by atoms with van der Waals surface area (Å²) in [6.07, 6.45) is 3.01. The van der Waals surface area contributed by atoms with Crippen LogP contribution in [0, 0.1) is 5.92 Å². The van der Waals surface area contributed by atoms with Gasteiger partial charge in [-0.3, -0.25) is 4.79 Å². The number of amides is 1. The molecule has 1 amide bonds. The van der Waals surface area contributed by atoms with Crippen molar-refractivity contribution < 1.29 is 9.90 Å². The van der Waals surface area contributed by atoms with Crippen LogP contribution in [-0.2, 0) is 4.79 Å². The third kappa shape index (κ3) is 4.19. The van der Waals surface area contributed by atoms with Crippen LogP contribution in [0.3, 0.4) is 0 Å². The van der Waals surface area contributed by atoms with Gasteiger partial charge < -0.3 is 16.2 Å². The Morgan fingerprint density at radius 3 is 3.00 bits per heavy atom. The van der Waals surface area contributed by atoms with Crippen molar-refractivity contribution in [1.82, 2.24) is 5.32 Å². The van der Waals surface area contributed by atoms with E-state index >= 15 is 0 Å². The van der Waals surface area contributed by atoms with Gasteiger partial charge >= 0.3 is 0 Å². The Morgan fingerprint density at radius 2 is 2.33 bits per heavy atom. The molecule has 3 unspecified atom stereocenters. The number of carbonyl (C=O) groups excluding carboxylic acids is 1. The number of halogens is 1. The molecular weight excluding hydrogens is 288 g/mol. The molecule has 5 heteroatoms. The fourth-order valence-corrected chi connectivity index (χ4v) is 3.14. The normalized spacial score (nSPS) is 27.1. The Balaban J connectivity index is 1.91. The molecule has 1 aliphatic rings. The maximum Gasteiger partial charge on any atom is 0.225 e. The summed E-state index contributed by atoms with van der Waals surface area (Å²) in [5.74, 6) is -0.251. The van der Waals surface area contributed by atoms with Crippen LogP contribution in [0.2, 0.25) is 5.02 Å². The minimum atomic E-state index is -0.764. The molecule has 1 aliphatic carbocycles. The van der Waals surface area contributed by atoms with E-state index in [1.165, 1.54) is 0 Å². The molecule has 0 heterocycles. The lowest BCUT2D eigenvalue weighted by atomic mass is 9.74. The lowest BCUT2D eigenvalue weighted by Gasteiger charge is -2.37. The van der Waals surface area contributed by atoms with Crippen molar-refractivity contribution in [2.45, 2.75) is 44.2 Å². The Bertz CT molecular complexity index is 505. The zero-order valence-electron chi connectivity index (χ0n) is 12.3. The second-order valence-electron chi connectivity index (χ2n) is 6.12. The van der Waals surface area contributed by atoms with Crippen molar-refractivity contribution in [2.24, 2.45) is 11.7 Å². The molecule has 21 heavy (non-hydrogen) atoms. The Labute approximate surface area is 130 Å². The molecule has 0 bridgehead atoms. The molecule has 0 radical (unpaired) electrons. The quantitative estimate of drug-likeness (QED) is 0.799. The molecule has 0 saturated heterocycles. The van der Waals surface area contributed by atoms with Crippen LogP contribution in [0.1, 0.15) is 44.3 Å². The van der Waals surface area contributed by atoms with Gasteiger partial charge in [0.25, 0.3) is 0 Å². The number of hydrogen-bond acceptors (Lipinski definition) is 3. The number of aliphatic hydroxyl groups is 1. The van der Waals surface area contributed by atoms with Crippen LogP contribution in [-0.4, -0.2) is 23.1 Å². The molecule has 1 fully saturated rings. The summed E-state index contributed by atoms with van der Waals surface area (Å²) in [4.78, 5) is 12.3. The van der Waals surface area contributed by atoms with Crippen molar-refractivity contribution in [1.29, 1.82) is 0 Å². The van der Waals surface area contributed by atoms with Gasteiger partial charge in [0.05, 0.1) is 12.0 Å². The van der Waals surface area contributed by atoms with E-state index in [9.17, 15) is 9.90 Å². The molecule has 1 aromatic rings. The Morgan fingerprint density at radius 1 is 1.57 bits per heavy atom. The highest BCUT2D eigenvalue weighted by Crippen LogP contribution is 2.31. The van der Waals surface area contributed by atoms with E-state index in [1.54, 1.807) is 24.3 Å². The third-order valence-corrected chi connectivity index (χ3v) is 4.51. The molecule has 0 aliphatic heterocycles. The van der Waals surface area contributed by atoms with E-state index in [0.29, 0.717) is 10.6 Å². The molecule has 3 atom stereocenters. The summed E-state index contributed by atoms with van der Waals surface area (Å²) < 4.78 is 0. The first-order valence-electron chi connectivity index (χ1n) is 7.40. The highest BCUT2D eigenvalue weighted by atomic mass is 35.5. The van der Waals surface area contributed by atoms with Crippen LogP contribution >= 0.6 is 11.6 Å². The molecule has 0 spiro atoms. The topological polar surface area (TPSA) is 75.4 Å². The number of nitrogens with one attached hydrogen (secondary N) is 1. The second-order valence-corrected chi connectivity index (χ2v) is 6.56. The minimum Gasteiger partial charge on any atom is -0.387 e. The number of carbonyl (C=O) groups is 1. The second kappa shape index (κ2) is 6.77. The zero-order chi connectivity index (χ0) is 15.5. The predicted octanol–water partition coefficient (Wildman–Crippen LogP) is 2.40. The highest BCUT2D eigenvalue weighted by molar-refractivity contribution is 6.30. The van der Waals surface area contributed by atoms with E-state index in [4.69, 9.17) is 17.3 Å². The van der Waals surface area contributed by atoms with Crippen molar-refractivity contribution in [3.05, 3.63) is 34.9 Å². The maximum absolute atomic E-state index is 12.3. The molecule has 4 nitrogen and oxygen atoms in total. The van der Waals surface area contributed by atoms with Gasteiger partial charge in [-0.25, -0.2) is 0 Å². The standard InChI is InChI=1S/C16H23ClN2O2/c1-16(18)8-3-2-7-13(16)15(21)19-10-14(20)11-5-4-6-12(17)9-11/h4-6,9,13-14,20H,2-3,7-8,10,18H2,1H3,(H,19,21). The summed E-state index contributed by atoms with van der Waals surface area (Å²) in [7, 11) is 0. The van der Waals surface area contributed by atoms with Gasteiger partial charge in [0.15, 0.2) is 0 Å². The van der Waals surface area contributed by atoms with Crippen molar-refractivity contribution in [3.63, 3.8) is 0 Å². The van der Waals surface area contributed by atoms with Gasteiger partial charge in [-0.2, -0.15) is 0 Å². The molecular formula is C16H23ClN2O2. The molecule has 1 saturated carbocycles. The summed E-state index contributed by atoms with van der Waals surface area (Å²) in [6, 6.07) is 7.02. The van der Waals surface area contributed by atoms with E-state index in [2.05, 4.69) is 5.32 Å². The van der Waals surface area contributed by atoms with Crippen LogP contribution in [0.15, 0.2) is 24.3 Å². The van der Waals surface area contributed by atoms with Crippen LogP contribution in [0.5, 0.6) is 0 Å². The number of hydrogen-bond donors (Lipinski definition) is 3. The van der Waals surface area contributed by atoms with Crippen LogP contribution in [0.4, 0.5) is 0 Å². The van der Waals surface area contributed by atoms with Crippen LogP contribution in [0.25, 0.3) is 0 Å². The SMILES string of the molecule is CC1(N)CCCCC1C(=O)NCC(O)c1cccc(Cl)c1. The summed E-state index contributed by atoms with van der Waals surface area (Å²) >= 11 is 5.90. The number of aliphatic hydroxyl groups excluding tert-OH is 1. The van der Waals surface area contributed by atoms with E-state index in [1.807, 2.05) is 6.92 Å². The zero-order valence-corrected chi connectivity index (χ0v) is 13.1. The van der Waals surface area contributed by atoms with E-state index in [0.717, 1.165) is 25.7 Å². The maximum atomic E-state index is 12.3. The highest BCUT2D eigenvalue weighted by Gasteiger charge is 2.37. The predicted molar refractivity (Wildman–Crippen MR) is 84.0 cm³/mol. The molecule has 0 aromatic heterocycles. The molecule has 2 rings (SSSR count). The molecule has 4 N–H and O–H groups in total. The molecule has 116 valence electrons. The van der Waals surface area contributed by atoms with Gasteiger partial charge in [0.2, 0.25) is 5.91 Å². The van der Waals surface area contributed by atoms with Gasteiger partial charge in [-0.05, 0) is 37.5 Å². The first-order valence-corrected chi connectivity index (χ1v) is 7.78. The van der Waals surface area contributed by atoms with Crippen molar-refractivity contribution in [2.75, 3.05) is 6.54 Å². The summed E-state index contributed by atoms with van der Waals surface area (Å²) in [6.45, 7) is 2.11. The Hall–Kier alpha value is -1.10. The summed E-state index contributed by atoms with van der Waals surface area (Å²) in [5, 5.41) is 13.5. The first-order chi connectivity index (χ1) is 9.90. The monoisotopic (exact) mass is 310 g/mol. The van der Waals surface area contributed by atoms with Gasteiger partial charge in [0.1, 0.15) is 0 Å². The number of rotatable bonds is 4. The average Bonchev–Trinajstić information content (AvgIpc) is 2.44. The van der Waals surface area contributed by atoms with E-state index in [-0.39, 0.29) is 18.4 Å². The smallest absolute Gasteiger partial charge is 0.225 e. The van der Waals surface area contributed by atoms with Crippen molar-refractivity contribution >= 4 is 17.5 Å². The van der Waals surface area contributed by atoms with Gasteiger partial charge in [-0.1, -0.05) is 36.6 Å². The van der Waals surface area contributed by atoms with Crippen LogP contribution < -0.4 is 11.1 Å². The fourth-order valence-electron chi connectivity index (χ4n) is 2.94. The summed E-state index contributed by atoms with van der Waals surface area (Å²) in [5.41, 5.74) is 6.46. The average molecular weight is 311 g/mol. The molecule has 1 aromatic carbocycles. The lowest BCUT2D eigenvalue weighted by molar-refractivity contribution is -0.128. The number of benzene rings is 1. The largest absolute Gasteiger partial charge is 0.387 e. The van der Waals surface area contributed by atoms with Gasteiger partial charge in [-0.15, -0.1) is 0 Å². The van der Waals surface area contributed by atoms with Gasteiger partial charge in [0, 0.05) is 17.1 Å². The van der Waals surface area contributed by atoms with E-state index < -0.39 is 11.6 Å². The number of nitrogens with two attached hydrogens (primary N) is 1. The fraction of sp³-hybridized carbons (Fsp3) is 0.562. The lowest BCUT2D eigenvalue weighted by Crippen LogP contribution is -2.53. The van der Waals surface area contributed by atoms with Crippen molar-refractivity contribution in [3.8, 4) is 0 Å². The Kier molecular flexibility index (Phi) is 5.25. The first kappa shape index (κ1) is 16.3.